The Labute approximate surface area is 77.3 Å². The van der Waals surface area contributed by atoms with E-state index in [1.807, 2.05) is 18.2 Å². The summed E-state index contributed by atoms with van der Waals surface area (Å²) in [4.78, 5) is 0. The second-order valence-corrected chi connectivity index (χ2v) is 2.86. The van der Waals surface area contributed by atoms with E-state index >= 15 is 0 Å². The fourth-order valence-electron chi connectivity index (χ4n) is 1.14. The monoisotopic (exact) mass is 170 g/mol. The summed E-state index contributed by atoms with van der Waals surface area (Å²) in [7, 11) is 0. The summed E-state index contributed by atoms with van der Waals surface area (Å²) in [6, 6.07) is 10.2. The molecule has 64 valence electrons. The quantitative estimate of drug-likeness (QED) is 0.651. The van der Waals surface area contributed by atoms with Crippen LogP contribution < -0.4 is 0 Å². The van der Waals surface area contributed by atoms with E-state index in [1.165, 1.54) is 5.56 Å². The van der Waals surface area contributed by atoms with Gasteiger partial charge in [0.2, 0.25) is 0 Å². The molecule has 0 radical (unpaired) electrons. The van der Waals surface area contributed by atoms with Gasteiger partial charge in [-0.3, -0.25) is 0 Å². The molecular formula is C11H10N2. The van der Waals surface area contributed by atoms with E-state index < -0.39 is 0 Å². The second-order valence-electron chi connectivity index (χ2n) is 2.86. The zero-order valence-electron chi connectivity index (χ0n) is 7.22. The normalized spacial score (nSPS) is 15.2. The number of hydrogen-bond acceptors (Lipinski definition) is 2. The summed E-state index contributed by atoms with van der Waals surface area (Å²) in [6.07, 6.45) is 5.91. The molecule has 0 aromatic heterocycles. The minimum absolute atomic E-state index is 0.712. The third-order valence-corrected chi connectivity index (χ3v) is 1.85. The van der Waals surface area contributed by atoms with Crippen molar-refractivity contribution in [2.75, 3.05) is 6.54 Å². The van der Waals surface area contributed by atoms with Gasteiger partial charge >= 0.3 is 0 Å². The van der Waals surface area contributed by atoms with Crippen LogP contribution in [0.2, 0.25) is 0 Å². The van der Waals surface area contributed by atoms with Crippen LogP contribution in [0.25, 0.3) is 6.08 Å². The van der Waals surface area contributed by atoms with Gasteiger partial charge in [0, 0.05) is 0 Å². The molecule has 0 bridgehead atoms. The lowest BCUT2D eigenvalue weighted by atomic mass is 10.2. The van der Waals surface area contributed by atoms with Crippen LogP contribution in [0.5, 0.6) is 0 Å². The van der Waals surface area contributed by atoms with Gasteiger partial charge in [-0.05, 0) is 11.1 Å². The molecule has 1 aromatic rings. The van der Waals surface area contributed by atoms with Crippen LogP contribution in [-0.4, -0.2) is 6.54 Å². The van der Waals surface area contributed by atoms with E-state index in [0.29, 0.717) is 6.54 Å². The van der Waals surface area contributed by atoms with Crippen molar-refractivity contribution in [1.29, 1.82) is 0 Å². The number of rotatable bonds is 2. The predicted octanol–water partition coefficient (Wildman–Crippen LogP) is 3.05. The Morgan fingerprint density at radius 3 is 2.62 bits per heavy atom. The smallest absolute Gasteiger partial charge is 0.0869 e. The number of benzene rings is 1. The lowest BCUT2D eigenvalue weighted by Crippen LogP contribution is -1.77. The Balaban J connectivity index is 2.06. The first kappa shape index (κ1) is 7.92. The SMILES string of the molecule is C1=C(/C=C/c2ccccc2)CN=N1. The molecule has 0 saturated carbocycles. The summed E-state index contributed by atoms with van der Waals surface area (Å²) in [5.41, 5.74) is 2.36. The van der Waals surface area contributed by atoms with Crippen LogP contribution in [0, 0.1) is 0 Å². The van der Waals surface area contributed by atoms with Gasteiger partial charge in [0.15, 0.2) is 0 Å². The highest BCUT2D eigenvalue weighted by molar-refractivity contribution is 5.52. The van der Waals surface area contributed by atoms with E-state index in [1.54, 1.807) is 6.20 Å². The molecule has 0 aliphatic carbocycles. The maximum atomic E-state index is 3.86. The molecule has 0 amide bonds. The predicted molar refractivity (Wildman–Crippen MR) is 53.3 cm³/mol. The maximum Gasteiger partial charge on any atom is 0.0869 e. The van der Waals surface area contributed by atoms with Crippen LogP contribution in [-0.2, 0) is 0 Å². The first-order valence-electron chi connectivity index (χ1n) is 4.24. The van der Waals surface area contributed by atoms with E-state index in [0.717, 1.165) is 5.57 Å². The number of azo groups is 1. The van der Waals surface area contributed by atoms with Gasteiger partial charge in [-0.1, -0.05) is 42.5 Å². The van der Waals surface area contributed by atoms with E-state index in [2.05, 4.69) is 34.5 Å². The van der Waals surface area contributed by atoms with Crippen LogP contribution >= 0.6 is 0 Å². The van der Waals surface area contributed by atoms with Crippen molar-refractivity contribution in [3.05, 3.63) is 53.7 Å². The summed E-state index contributed by atoms with van der Waals surface area (Å²) in [6.45, 7) is 0.712. The van der Waals surface area contributed by atoms with Crippen molar-refractivity contribution in [3.63, 3.8) is 0 Å². The first-order valence-corrected chi connectivity index (χ1v) is 4.24. The number of hydrogen-bond donors (Lipinski definition) is 0. The zero-order valence-corrected chi connectivity index (χ0v) is 7.22. The molecule has 1 aromatic carbocycles. The van der Waals surface area contributed by atoms with Crippen LogP contribution in [0.4, 0.5) is 0 Å². The van der Waals surface area contributed by atoms with Crippen molar-refractivity contribution in [3.8, 4) is 0 Å². The van der Waals surface area contributed by atoms with Gasteiger partial charge in [-0.25, -0.2) is 0 Å². The van der Waals surface area contributed by atoms with Crippen LogP contribution in [0.3, 0.4) is 0 Å². The van der Waals surface area contributed by atoms with Crippen LogP contribution in [0.1, 0.15) is 5.56 Å². The molecule has 0 saturated heterocycles. The number of nitrogens with zero attached hydrogens (tertiary/aromatic N) is 2. The minimum atomic E-state index is 0.712. The first-order chi connectivity index (χ1) is 6.45. The lowest BCUT2D eigenvalue weighted by Gasteiger charge is -1.91. The molecule has 0 atom stereocenters. The lowest BCUT2D eigenvalue weighted by molar-refractivity contribution is 1.12. The summed E-state index contributed by atoms with van der Waals surface area (Å²) in [5.74, 6) is 0. The summed E-state index contributed by atoms with van der Waals surface area (Å²) < 4.78 is 0. The molecule has 0 N–H and O–H groups in total. The molecule has 0 fully saturated rings. The Kier molecular flexibility index (Phi) is 2.32. The van der Waals surface area contributed by atoms with E-state index in [4.69, 9.17) is 0 Å². The molecule has 0 unspecified atom stereocenters. The highest BCUT2D eigenvalue weighted by Crippen LogP contribution is 2.09. The molecule has 0 spiro atoms. The van der Waals surface area contributed by atoms with Gasteiger partial charge in [0.1, 0.15) is 0 Å². The molecule has 1 heterocycles. The molecular weight excluding hydrogens is 160 g/mol. The van der Waals surface area contributed by atoms with Crippen molar-refractivity contribution < 1.29 is 0 Å². The highest BCUT2D eigenvalue weighted by Gasteiger charge is 1.95. The molecule has 13 heavy (non-hydrogen) atoms. The van der Waals surface area contributed by atoms with Crippen molar-refractivity contribution in [2.24, 2.45) is 10.2 Å². The van der Waals surface area contributed by atoms with Crippen molar-refractivity contribution >= 4 is 6.08 Å². The molecule has 2 rings (SSSR count). The molecule has 1 aliphatic heterocycles. The van der Waals surface area contributed by atoms with Gasteiger partial charge < -0.3 is 0 Å². The summed E-state index contributed by atoms with van der Waals surface area (Å²) >= 11 is 0. The molecule has 2 nitrogen and oxygen atoms in total. The highest BCUT2D eigenvalue weighted by atomic mass is 15.1. The minimum Gasteiger partial charge on any atom is -0.184 e. The Bertz CT molecular complexity index is 361. The van der Waals surface area contributed by atoms with E-state index in [-0.39, 0.29) is 0 Å². The van der Waals surface area contributed by atoms with Gasteiger partial charge in [-0.2, -0.15) is 10.2 Å². The van der Waals surface area contributed by atoms with Gasteiger partial charge in [0.05, 0.1) is 12.7 Å². The zero-order chi connectivity index (χ0) is 8.93. The molecule has 1 aliphatic rings. The third-order valence-electron chi connectivity index (χ3n) is 1.85. The van der Waals surface area contributed by atoms with Crippen molar-refractivity contribution in [2.45, 2.75) is 0 Å². The largest absolute Gasteiger partial charge is 0.184 e. The summed E-state index contributed by atoms with van der Waals surface area (Å²) in [5, 5.41) is 7.65. The average Bonchev–Trinajstić information content (AvgIpc) is 2.69. The Morgan fingerprint density at radius 1 is 1.08 bits per heavy atom. The Morgan fingerprint density at radius 2 is 1.92 bits per heavy atom. The topological polar surface area (TPSA) is 24.7 Å². The fourth-order valence-corrected chi connectivity index (χ4v) is 1.14. The second kappa shape index (κ2) is 3.81. The third kappa shape index (κ3) is 2.12. The maximum absolute atomic E-state index is 3.86. The standard InChI is InChI=1S/C11H10N2/c1-2-4-10(5-3-1)6-7-11-8-12-13-9-11/h1-8H,9H2/b7-6+. The van der Waals surface area contributed by atoms with E-state index in [9.17, 15) is 0 Å². The van der Waals surface area contributed by atoms with Gasteiger partial charge in [-0.15, -0.1) is 0 Å². The average molecular weight is 170 g/mol. The molecule has 2 heteroatoms. The van der Waals surface area contributed by atoms with Crippen molar-refractivity contribution in [1.82, 2.24) is 0 Å². The Hall–Kier alpha value is -1.70. The van der Waals surface area contributed by atoms with Gasteiger partial charge in [0.25, 0.3) is 0 Å². The van der Waals surface area contributed by atoms with Crippen LogP contribution in [0.15, 0.2) is 58.4 Å². The fraction of sp³-hybridized carbons (Fsp3) is 0.0909.